The van der Waals surface area contributed by atoms with E-state index in [1.807, 2.05) is 0 Å². The SMILES string of the molecule is [2H]C([2H])([C@]([2H])(O)CC(=O)[O-])[N+](C)(C)CC(=O)CCCCCCCCCCCCCCC. The van der Waals surface area contributed by atoms with Crippen molar-refractivity contribution in [2.24, 2.45) is 0 Å². The summed E-state index contributed by atoms with van der Waals surface area (Å²) in [6.07, 6.45) is 12.1. The van der Waals surface area contributed by atoms with Crippen LogP contribution in [0.2, 0.25) is 0 Å². The van der Waals surface area contributed by atoms with Crippen LogP contribution in [-0.2, 0) is 9.59 Å². The van der Waals surface area contributed by atoms with Gasteiger partial charge in [0.05, 0.1) is 18.2 Å². The fourth-order valence-electron chi connectivity index (χ4n) is 3.43. The second-order valence-electron chi connectivity index (χ2n) is 8.48. The van der Waals surface area contributed by atoms with E-state index in [1.165, 1.54) is 78.3 Å². The van der Waals surface area contributed by atoms with E-state index in [4.69, 9.17) is 4.11 Å². The Morgan fingerprint density at radius 3 is 1.79 bits per heavy atom. The van der Waals surface area contributed by atoms with Gasteiger partial charge < -0.3 is 19.5 Å². The number of hydrogen-bond donors (Lipinski definition) is 1. The molecule has 0 heterocycles. The second kappa shape index (κ2) is 17.0. The normalized spacial score (nSPS) is 16.1. The Labute approximate surface area is 177 Å². The molecule has 0 radical (unpaired) electrons. The highest BCUT2D eigenvalue weighted by atomic mass is 16.4. The van der Waals surface area contributed by atoms with Crippen LogP contribution in [0.1, 0.15) is 107 Å². The van der Waals surface area contributed by atoms with Crippen molar-refractivity contribution in [3.63, 3.8) is 0 Å². The predicted octanol–water partition coefficient (Wildman–Crippen LogP) is 3.61. The van der Waals surface area contributed by atoms with Gasteiger partial charge in [0.15, 0.2) is 5.78 Å². The molecule has 0 unspecified atom stereocenters. The fraction of sp³-hybridized carbons (Fsp3) is 0.913. The molecule has 0 aliphatic heterocycles. The van der Waals surface area contributed by atoms with Gasteiger partial charge >= 0.3 is 0 Å². The van der Waals surface area contributed by atoms with Crippen molar-refractivity contribution >= 4 is 11.8 Å². The van der Waals surface area contributed by atoms with Gasteiger partial charge in [0.1, 0.15) is 19.1 Å². The molecule has 0 spiro atoms. The van der Waals surface area contributed by atoms with Crippen LogP contribution in [0.5, 0.6) is 0 Å². The lowest BCUT2D eigenvalue weighted by Crippen LogP contribution is -2.49. The first-order chi connectivity index (χ1) is 14.4. The molecular formula is C23H45NO4. The Hall–Kier alpha value is -0.940. The van der Waals surface area contributed by atoms with Gasteiger partial charge in [-0.05, 0) is 6.42 Å². The van der Waals surface area contributed by atoms with Crippen LogP contribution in [0.4, 0.5) is 0 Å². The molecule has 5 nitrogen and oxygen atoms in total. The molecule has 1 N–H and O–H groups in total. The number of aliphatic carboxylic acids is 1. The molecule has 0 aliphatic carbocycles. The summed E-state index contributed by atoms with van der Waals surface area (Å²) in [5.74, 6) is -1.86. The molecule has 0 saturated carbocycles. The zero-order valence-electron chi connectivity index (χ0n) is 21.4. The van der Waals surface area contributed by atoms with Crippen molar-refractivity contribution in [2.45, 2.75) is 109 Å². The highest BCUT2D eigenvalue weighted by molar-refractivity contribution is 5.79. The van der Waals surface area contributed by atoms with Gasteiger partial charge in [-0.1, -0.05) is 84.0 Å². The van der Waals surface area contributed by atoms with Crippen molar-refractivity contribution < 1.29 is 28.4 Å². The second-order valence-corrected chi connectivity index (χ2v) is 8.48. The van der Waals surface area contributed by atoms with E-state index < -0.39 is 29.5 Å². The maximum Gasteiger partial charge on any atom is 0.186 e. The van der Waals surface area contributed by atoms with Gasteiger partial charge in [-0.15, -0.1) is 0 Å². The van der Waals surface area contributed by atoms with Gasteiger partial charge in [-0.2, -0.15) is 0 Å². The van der Waals surface area contributed by atoms with Crippen LogP contribution in [0.15, 0.2) is 0 Å². The summed E-state index contributed by atoms with van der Waals surface area (Å²) < 4.78 is 23.2. The number of Topliss-reactive ketones (excluding diaryl/α,β-unsaturated/α-hetero) is 1. The molecule has 0 aliphatic rings. The summed E-state index contributed by atoms with van der Waals surface area (Å²) in [4.78, 5) is 23.0. The monoisotopic (exact) mass is 402 g/mol. The lowest BCUT2D eigenvalue weighted by Gasteiger charge is -2.31. The minimum Gasteiger partial charge on any atom is -0.550 e. The van der Waals surface area contributed by atoms with Crippen LogP contribution < -0.4 is 5.11 Å². The number of rotatable bonds is 20. The first kappa shape index (κ1) is 21.8. The third-order valence-electron chi connectivity index (χ3n) is 4.87. The minimum atomic E-state index is -2.88. The Balaban J connectivity index is 3.99. The van der Waals surface area contributed by atoms with Gasteiger partial charge in [-0.25, -0.2) is 0 Å². The molecule has 0 aromatic rings. The molecule has 0 aromatic heterocycles. The molecule has 0 saturated heterocycles. The summed E-state index contributed by atoms with van der Waals surface area (Å²) in [6.45, 7) is -0.615. The predicted molar refractivity (Wildman–Crippen MR) is 113 cm³/mol. The van der Waals surface area contributed by atoms with E-state index in [0.29, 0.717) is 6.42 Å². The zero-order valence-corrected chi connectivity index (χ0v) is 18.4. The molecule has 0 rings (SSSR count). The number of unbranched alkanes of at least 4 members (excludes halogenated alkanes) is 12. The lowest BCUT2D eigenvalue weighted by molar-refractivity contribution is -0.885. The maximum atomic E-state index is 12.3. The van der Waals surface area contributed by atoms with Crippen molar-refractivity contribution in [3.05, 3.63) is 0 Å². The molecule has 1 atom stereocenters. The Morgan fingerprint density at radius 1 is 0.929 bits per heavy atom. The zero-order chi connectivity index (χ0) is 24.0. The van der Waals surface area contributed by atoms with Gasteiger partial charge in [0.2, 0.25) is 0 Å². The third kappa shape index (κ3) is 18.4. The highest BCUT2D eigenvalue weighted by Crippen LogP contribution is 2.13. The Bertz CT molecular complexity index is 525. The van der Waals surface area contributed by atoms with E-state index in [1.54, 1.807) is 0 Å². The maximum absolute atomic E-state index is 12.3. The standard InChI is InChI=1S/C23H45NO4/c1-4-5-6-7-8-9-10-11-12-13-14-15-16-17-21(25)19-24(2,3)20-22(26)18-23(27)28/h22,26H,4-20H2,1-3H3/t22-/m1/s1/i20D2,22D. The summed E-state index contributed by atoms with van der Waals surface area (Å²) >= 11 is 0. The molecule has 0 amide bonds. The van der Waals surface area contributed by atoms with E-state index in [2.05, 4.69) is 6.92 Å². The summed E-state index contributed by atoms with van der Waals surface area (Å²) in [7, 11) is 2.77. The molecule has 28 heavy (non-hydrogen) atoms. The quantitative estimate of drug-likeness (QED) is 0.249. The van der Waals surface area contributed by atoms with Crippen LogP contribution in [0.25, 0.3) is 0 Å². The number of quaternary nitrogens is 1. The Morgan fingerprint density at radius 2 is 1.36 bits per heavy atom. The summed E-state index contributed by atoms with van der Waals surface area (Å²) in [5.41, 5.74) is 0. The number of carbonyl (C=O) groups excluding carboxylic acids is 2. The molecule has 166 valence electrons. The molecule has 5 heteroatoms. The van der Waals surface area contributed by atoms with E-state index >= 15 is 0 Å². The first-order valence-electron chi connectivity index (χ1n) is 12.6. The smallest absolute Gasteiger partial charge is 0.186 e. The van der Waals surface area contributed by atoms with Crippen molar-refractivity contribution in [1.82, 2.24) is 0 Å². The number of aliphatic hydroxyl groups is 1. The van der Waals surface area contributed by atoms with Gasteiger partial charge in [0.25, 0.3) is 0 Å². The van der Waals surface area contributed by atoms with Crippen molar-refractivity contribution in [2.75, 3.05) is 27.1 Å². The molecule has 0 aromatic carbocycles. The molecular weight excluding hydrogens is 354 g/mol. The molecule has 0 fully saturated rings. The summed E-state index contributed by atoms with van der Waals surface area (Å²) in [6, 6.07) is 0. The largest absolute Gasteiger partial charge is 0.550 e. The number of carboxylic acid groups (broad SMARTS) is 1. The number of ketones is 1. The van der Waals surface area contributed by atoms with Gasteiger partial charge in [-0.3, -0.25) is 4.79 Å². The topological polar surface area (TPSA) is 77.4 Å². The van der Waals surface area contributed by atoms with Crippen LogP contribution in [0.3, 0.4) is 0 Å². The number of nitrogens with zero attached hydrogens (tertiary/aromatic N) is 1. The van der Waals surface area contributed by atoms with Crippen molar-refractivity contribution in [1.29, 1.82) is 0 Å². The molecule has 0 bridgehead atoms. The van der Waals surface area contributed by atoms with E-state index in [0.717, 1.165) is 19.3 Å². The van der Waals surface area contributed by atoms with Crippen molar-refractivity contribution in [3.8, 4) is 0 Å². The number of carboxylic acids is 1. The summed E-state index contributed by atoms with van der Waals surface area (Å²) in [5, 5.41) is 20.7. The number of carbonyl (C=O) groups is 2. The van der Waals surface area contributed by atoms with Crippen LogP contribution in [-0.4, -0.2) is 54.6 Å². The fourth-order valence-corrected chi connectivity index (χ4v) is 3.43. The van der Waals surface area contributed by atoms with Crippen LogP contribution in [0, 0.1) is 0 Å². The van der Waals surface area contributed by atoms with E-state index in [9.17, 15) is 19.8 Å². The average Bonchev–Trinajstić information content (AvgIpc) is 2.63. The average molecular weight is 403 g/mol. The van der Waals surface area contributed by atoms with Crippen LogP contribution >= 0.6 is 0 Å². The lowest BCUT2D eigenvalue weighted by atomic mass is 10.0. The first-order valence-corrected chi connectivity index (χ1v) is 11.1. The van der Waals surface area contributed by atoms with E-state index in [-0.39, 0.29) is 12.3 Å². The van der Waals surface area contributed by atoms with Gasteiger partial charge in [0, 0.05) is 18.8 Å². The third-order valence-corrected chi connectivity index (χ3v) is 4.87. The Kier molecular flexibility index (Phi) is 13.2. The number of likely N-dealkylation sites (N-methyl/N-ethyl adjacent to an activating group) is 1. The minimum absolute atomic E-state index is 0.152. The highest BCUT2D eigenvalue weighted by Gasteiger charge is 2.23. The number of hydrogen-bond acceptors (Lipinski definition) is 4.